The van der Waals surface area contributed by atoms with Gasteiger partial charge in [-0.05, 0) is 76.8 Å². The Bertz CT molecular complexity index is 1220. The van der Waals surface area contributed by atoms with Crippen molar-refractivity contribution in [1.29, 1.82) is 0 Å². The van der Waals surface area contributed by atoms with Gasteiger partial charge in [-0.15, -0.1) is 0 Å². The summed E-state index contributed by atoms with van der Waals surface area (Å²) in [6.07, 6.45) is 1.68. The summed E-state index contributed by atoms with van der Waals surface area (Å²) in [6, 6.07) is 21.1. The summed E-state index contributed by atoms with van der Waals surface area (Å²) in [7, 11) is 0. The number of aryl methyl sites for hydroxylation is 1. The zero-order valence-electron chi connectivity index (χ0n) is 17.8. The third-order valence-electron chi connectivity index (χ3n) is 4.94. The van der Waals surface area contributed by atoms with Crippen LogP contribution in [0.4, 0.5) is 0 Å². The predicted octanol–water partition coefficient (Wildman–Crippen LogP) is 6.08. The molecule has 0 aliphatic carbocycles. The van der Waals surface area contributed by atoms with Gasteiger partial charge in [-0.25, -0.2) is 9.79 Å². The molecule has 0 aromatic heterocycles. The van der Waals surface area contributed by atoms with E-state index >= 15 is 0 Å². The van der Waals surface area contributed by atoms with E-state index in [0.717, 1.165) is 21.2 Å². The maximum atomic E-state index is 12.4. The van der Waals surface area contributed by atoms with Crippen molar-refractivity contribution >= 4 is 33.9 Å². The number of cyclic esters (lactones) is 1. The molecule has 0 saturated heterocycles. The van der Waals surface area contributed by atoms with Gasteiger partial charge >= 0.3 is 5.97 Å². The van der Waals surface area contributed by atoms with Gasteiger partial charge in [0.25, 0.3) is 0 Å². The highest BCUT2D eigenvalue weighted by atomic mass is 79.9. The van der Waals surface area contributed by atoms with E-state index in [1.54, 1.807) is 6.08 Å². The van der Waals surface area contributed by atoms with E-state index in [0.29, 0.717) is 24.7 Å². The summed E-state index contributed by atoms with van der Waals surface area (Å²) < 4.78 is 18.0. The molecule has 3 aromatic rings. The number of benzene rings is 3. The lowest BCUT2D eigenvalue weighted by atomic mass is 10.1. The molecule has 1 aliphatic rings. The third-order valence-corrected chi connectivity index (χ3v) is 5.63. The van der Waals surface area contributed by atoms with Crippen LogP contribution in [0.3, 0.4) is 0 Å². The van der Waals surface area contributed by atoms with Gasteiger partial charge in [-0.1, -0.05) is 42.5 Å². The number of esters is 1. The van der Waals surface area contributed by atoms with E-state index in [1.807, 2.05) is 67.6 Å². The predicted molar refractivity (Wildman–Crippen MR) is 128 cm³/mol. The lowest BCUT2D eigenvalue weighted by Crippen LogP contribution is -2.05. The fourth-order valence-corrected chi connectivity index (χ4v) is 3.70. The Morgan fingerprint density at radius 2 is 1.78 bits per heavy atom. The van der Waals surface area contributed by atoms with Crippen LogP contribution in [0, 0.1) is 6.92 Å². The molecule has 0 bridgehead atoms. The highest BCUT2D eigenvalue weighted by Gasteiger charge is 2.25. The highest BCUT2D eigenvalue weighted by Crippen LogP contribution is 2.31. The summed E-state index contributed by atoms with van der Waals surface area (Å²) in [5.74, 6) is 1.03. The van der Waals surface area contributed by atoms with E-state index in [-0.39, 0.29) is 11.6 Å². The first-order valence-corrected chi connectivity index (χ1v) is 11.1. The molecule has 0 saturated carbocycles. The van der Waals surface area contributed by atoms with Gasteiger partial charge in [0.05, 0.1) is 12.2 Å². The molecule has 3 aromatic carbocycles. The minimum atomic E-state index is -0.492. The number of carbonyl (C=O) groups is 1. The molecule has 0 radical (unpaired) electrons. The second-order valence-corrected chi connectivity index (χ2v) is 8.02. The first kappa shape index (κ1) is 21.8. The Morgan fingerprint density at radius 1 is 1.00 bits per heavy atom. The Kier molecular flexibility index (Phi) is 6.71. The number of halogens is 1. The molecular formula is C26H22BrNO4. The lowest BCUT2D eigenvalue weighted by Gasteiger charge is -2.13. The minimum absolute atomic E-state index is 0.229. The number of nitrogens with zero attached hydrogens (tertiary/aromatic N) is 1. The summed E-state index contributed by atoms with van der Waals surface area (Å²) >= 11 is 3.46. The Balaban J connectivity index is 1.58. The van der Waals surface area contributed by atoms with E-state index in [1.165, 1.54) is 5.56 Å². The fourth-order valence-electron chi connectivity index (χ4n) is 3.25. The van der Waals surface area contributed by atoms with E-state index in [4.69, 9.17) is 14.2 Å². The molecule has 0 N–H and O–H groups in total. The Hall–Kier alpha value is -3.38. The van der Waals surface area contributed by atoms with E-state index in [2.05, 4.69) is 33.9 Å². The standard InChI is InChI=1S/C26H22BrNO4/c1-3-30-24-15-18(12-13-23(24)31-16-19-9-5-4-8-17(19)2)14-22-26(29)32-25(28-22)20-10-6-7-11-21(20)27/h4-15H,3,16H2,1-2H3/b22-14-. The number of rotatable bonds is 7. The van der Waals surface area contributed by atoms with Crippen LogP contribution in [0.2, 0.25) is 0 Å². The van der Waals surface area contributed by atoms with Gasteiger partial charge in [0.1, 0.15) is 6.61 Å². The largest absolute Gasteiger partial charge is 0.490 e. The lowest BCUT2D eigenvalue weighted by molar-refractivity contribution is -0.129. The monoisotopic (exact) mass is 491 g/mol. The second-order valence-electron chi connectivity index (χ2n) is 7.17. The number of aliphatic imine (C=N–C) groups is 1. The molecule has 0 spiro atoms. The molecule has 5 nitrogen and oxygen atoms in total. The van der Waals surface area contributed by atoms with Gasteiger partial charge in [0.15, 0.2) is 17.2 Å². The third kappa shape index (κ3) is 4.92. The van der Waals surface area contributed by atoms with Gasteiger partial charge in [-0.3, -0.25) is 0 Å². The first-order chi connectivity index (χ1) is 15.5. The molecule has 6 heteroatoms. The van der Waals surface area contributed by atoms with Crippen LogP contribution in [0.5, 0.6) is 11.5 Å². The van der Waals surface area contributed by atoms with Crippen molar-refractivity contribution in [2.45, 2.75) is 20.5 Å². The van der Waals surface area contributed by atoms with Crippen LogP contribution in [-0.4, -0.2) is 18.5 Å². The van der Waals surface area contributed by atoms with Gasteiger partial charge in [-0.2, -0.15) is 0 Å². The SMILES string of the molecule is CCOc1cc(/C=C2\N=C(c3ccccc3Br)OC2=O)ccc1OCc1ccccc1C. The van der Waals surface area contributed by atoms with Crippen molar-refractivity contribution in [2.75, 3.05) is 6.61 Å². The topological polar surface area (TPSA) is 57.1 Å². The quantitative estimate of drug-likeness (QED) is 0.296. The summed E-state index contributed by atoms with van der Waals surface area (Å²) in [5, 5.41) is 0. The van der Waals surface area contributed by atoms with E-state index < -0.39 is 5.97 Å². The van der Waals surface area contributed by atoms with Crippen molar-refractivity contribution in [3.63, 3.8) is 0 Å². The van der Waals surface area contributed by atoms with Crippen LogP contribution >= 0.6 is 15.9 Å². The molecule has 0 unspecified atom stereocenters. The van der Waals surface area contributed by atoms with Gasteiger partial charge in [0.2, 0.25) is 5.90 Å². The molecule has 4 rings (SSSR count). The molecule has 1 heterocycles. The smallest absolute Gasteiger partial charge is 0.363 e. The Labute approximate surface area is 195 Å². The molecule has 0 atom stereocenters. The molecule has 1 aliphatic heterocycles. The molecule has 0 fully saturated rings. The molecule has 32 heavy (non-hydrogen) atoms. The number of hydrogen-bond acceptors (Lipinski definition) is 5. The first-order valence-electron chi connectivity index (χ1n) is 10.3. The van der Waals surface area contributed by atoms with Crippen molar-refractivity contribution < 1.29 is 19.0 Å². The molecule has 162 valence electrons. The van der Waals surface area contributed by atoms with Crippen LogP contribution in [0.1, 0.15) is 29.2 Å². The second kappa shape index (κ2) is 9.83. The highest BCUT2D eigenvalue weighted by molar-refractivity contribution is 9.10. The maximum Gasteiger partial charge on any atom is 0.363 e. The number of carbonyl (C=O) groups excluding carboxylic acids is 1. The summed E-state index contributed by atoms with van der Waals surface area (Å²) in [4.78, 5) is 16.7. The van der Waals surface area contributed by atoms with Crippen molar-refractivity contribution in [1.82, 2.24) is 0 Å². The maximum absolute atomic E-state index is 12.4. The van der Waals surface area contributed by atoms with Crippen LogP contribution in [0.15, 0.2) is 81.9 Å². The van der Waals surface area contributed by atoms with Crippen LogP contribution < -0.4 is 9.47 Å². The van der Waals surface area contributed by atoms with Crippen molar-refractivity contribution in [3.8, 4) is 11.5 Å². The van der Waals surface area contributed by atoms with Gasteiger partial charge < -0.3 is 14.2 Å². The zero-order valence-corrected chi connectivity index (χ0v) is 19.4. The minimum Gasteiger partial charge on any atom is -0.490 e. The number of hydrogen-bond donors (Lipinski definition) is 0. The van der Waals surface area contributed by atoms with Crippen LogP contribution in [-0.2, 0) is 16.1 Å². The van der Waals surface area contributed by atoms with Gasteiger partial charge in [0, 0.05) is 4.47 Å². The molecular weight excluding hydrogens is 470 g/mol. The summed E-state index contributed by atoms with van der Waals surface area (Å²) in [5.41, 5.74) is 4.00. The molecule has 0 amide bonds. The fraction of sp³-hybridized carbons (Fsp3) is 0.154. The normalized spacial score (nSPS) is 14.3. The average Bonchev–Trinajstić information content (AvgIpc) is 3.14. The van der Waals surface area contributed by atoms with Crippen molar-refractivity contribution in [3.05, 3.63) is 99.2 Å². The number of ether oxygens (including phenoxy) is 3. The average molecular weight is 492 g/mol. The van der Waals surface area contributed by atoms with E-state index in [9.17, 15) is 4.79 Å². The summed E-state index contributed by atoms with van der Waals surface area (Å²) in [6.45, 7) is 4.91. The van der Waals surface area contributed by atoms with Crippen LogP contribution in [0.25, 0.3) is 6.08 Å². The zero-order chi connectivity index (χ0) is 22.5. The Morgan fingerprint density at radius 3 is 2.56 bits per heavy atom. The van der Waals surface area contributed by atoms with Crippen molar-refractivity contribution in [2.24, 2.45) is 4.99 Å².